The number of hydrogen-bond acceptors (Lipinski definition) is 2. The zero-order valence-corrected chi connectivity index (χ0v) is 28.4. The molecule has 2 heteroatoms. The molecule has 0 bridgehead atoms. The topological polar surface area (TPSA) is 16.4 Å². The molecule has 0 aliphatic heterocycles. The van der Waals surface area contributed by atoms with Crippen LogP contribution in [0.5, 0.6) is 0 Å². The fraction of sp³-hybridized carbons (Fsp3) is 0. The molecule has 1 aromatic heterocycles. The van der Waals surface area contributed by atoms with Gasteiger partial charge in [-0.2, -0.15) is 0 Å². The molecule has 0 N–H and O–H groups in total. The number of anilines is 3. The number of nitrogens with zero attached hydrogens (tertiary/aromatic N) is 1. The molecule has 52 heavy (non-hydrogen) atoms. The molecule has 0 saturated carbocycles. The fourth-order valence-corrected chi connectivity index (χ4v) is 7.77. The Bertz CT molecular complexity index is 2890. The van der Waals surface area contributed by atoms with Gasteiger partial charge >= 0.3 is 0 Å². The summed E-state index contributed by atoms with van der Waals surface area (Å²) >= 11 is 0. The number of benzene rings is 9. The third-order valence-corrected chi connectivity index (χ3v) is 10.3. The quantitative estimate of drug-likeness (QED) is 0.176. The van der Waals surface area contributed by atoms with Crippen LogP contribution in [-0.4, -0.2) is 0 Å². The highest BCUT2D eigenvalue weighted by atomic mass is 16.3. The molecule has 0 radical (unpaired) electrons. The normalized spacial score (nSPS) is 11.5. The molecule has 2 nitrogen and oxygen atoms in total. The van der Waals surface area contributed by atoms with Crippen molar-refractivity contribution in [1.82, 2.24) is 0 Å². The summed E-state index contributed by atoms with van der Waals surface area (Å²) < 4.78 is 6.40. The molecule has 0 aliphatic carbocycles. The first-order valence-corrected chi connectivity index (χ1v) is 17.8. The van der Waals surface area contributed by atoms with E-state index in [2.05, 4.69) is 193 Å². The summed E-state index contributed by atoms with van der Waals surface area (Å²) in [6.45, 7) is 0. The van der Waals surface area contributed by atoms with Crippen molar-refractivity contribution in [3.05, 3.63) is 200 Å². The largest absolute Gasteiger partial charge is 0.455 e. The fourth-order valence-electron chi connectivity index (χ4n) is 7.77. The van der Waals surface area contributed by atoms with Gasteiger partial charge in [-0.15, -0.1) is 0 Å². The average molecular weight is 664 g/mol. The van der Waals surface area contributed by atoms with Crippen molar-refractivity contribution in [1.29, 1.82) is 0 Å². The van der Waals surface area contributed by atoms with Gasteiger partial charge in [-0.1, -0.05) is 158 Å². The first-order chi connectivity index (χ1) is 25.8. The van der Waals surface area contributed by atoms with Crippen LogP contribution in [-0.2, 0) is 0 Å². The second kappa shape index (κ2) is 12.5. The smallest absolute Gasteiger partial charge is 0.143 e. The van der Waals surface area contributed by atoms with Crippen molar-refractivity contribution in [3.8, 4) is 33.4 Å². The Labute approximate surface area is 302 Å². The van der Waals surface area contributed by atoms with Gasteiger partial charge in [-0.25, -0.2) is 0 Å². The number of hydrogen-bond donors (Lipinski definition) is 0. The highest BCUT2D eigenvalue weighted by Gasteiger charge is 2.17. The maximum atomic E-state index is 6.40. The maximum absolute atomic E-state index is 6.40. The molecule has 1 heterocycles. The van der Waals surface area contributed by atoms with E-state index in [1.807, 2.05) is 12.1 Å². The van der Waals surface area contributed by atoms with E-state index in [0.717, 1.165) is 50.1 Å². The van der Waals surface area contributed by atoms with Crippen molar-refractivity contribution < 1.29 is 4.42 Å². The van der Waals surface area contributed by atoms with E-state index < -0.39 is 0 Å². The number of para-hydroxylation sites is 2. The Balaban J connectivity index is 1.09. The number of furan rings is 1. The predicted octanol–water partition coefficient (Wildman–Crippen LogP) is 14.4. The van der Waals surface area contributed by atoms with Gasteiger partial charge in [0.2, 0.25) is 0 Å². The Hall–Kier alpha value is -6.90. The van der Waals surface area contributed by atoms with Gasteiger partial charge in [0.15, 0.2) is 0 Å². The molecule has 10 aromatic rings. The minimum absolute atomic E-state index is 0.908. The van der Waals surface area contributed by atoms with Gasteiger partial charge in [0.05, 0.1) is 0 Å². The molecule has 9 aromatic carbocycles. The molecule has 0 aliphatic rings. The van der Waals surface area contributed by atoms with Gasteiger partial charge in [-0.3, -0.25) is 0 Å². The highest BCUT2D eigenvalue weighted by molar-refractivity contribution is 6.09. The van der Waals surface area contributed by atoms with Crippen molar-refractivity contribution in [2.24, 2.45) is 0 Å². The molecule has 0 atom stereocenters. The summed E-state index contributed by atoms with van der Waals surface area (Å²) in [6, 6.07) is 71.7. The molecular weight excluding hydrogens is 631 g/mol. The molecule has 244 valence electrons. The van der Waals surface area contributed by atoms with Crippen LogP contribution in [0, 0.1) is 0 Å². The lowest BCUT2D eigenvalue weighted by atomic mass is 9.97. The van der Waals surface area contributed by atoms with Crippen LogP contribution in [0.4, 0.5) is 17.1 Å². The van der Waals surface area contributed by atoms with Crippen LogP contribution < -0.4 is 4.90 Å². The zero-order valence-electron chi connectivity index (χ0n) is 28.4. The lowest BCUT2D eigenvalue weighted by Crippen LogP contribution is -2.10. The van der Waals surface area contributed by atoms with Gasteiger partial charge in [0, 0.05) is 33.4 Å². The van der Waals surface area contributed by atoms with Crippen molar-refractivity contribution in [3.63, 3.8) is 0 Å². The first-order valence-electron chi connectivity index (χ1n) is 17.8. The van der Waals surface area contributed by atoms with Crippen molar-refractivity contribution in [2.45, 2.75) is 0 Å². The molecular formula is C50H33NO. The molecule has 0 fully saturated rings. The monoisotopic (exact) mass is 663 g/mol. The molecule has 10 rings (SSSR count). The first kappa shape index (κ1) is 30.0. The lowest BCUT2D eigenvalue weighted by molar-refractivity contribution is 0.670. The van der Waals surface area contributed by atoms with E-state index in [-0.39, 0.29) is 0 Å². The minimum Gasteiger partial charge on any atom is -0.455 e. The SMILES string of the molecule is c1cc(-c2cccc3ccccc23)cc(N(c2ccc(-c3cccc4ccccc34)cc2)c2ccc(-c3cccc4c3oc3ccccc34)cc2)c1. The van der Waals surface area contributed by atoms with E-state index in [1.165, 1.54) is 43.8 Å². The Morgan fingerprint density at radius 2 is 0.788 bits per heavy atom. The van der Waals surface area contributed by atoms with Crippen LogP contribution in [0.15, 0.2) is 205 Å². The lowest BCUT2D eigenvalue weighted by Gasteiger charge is -2.26. The van der Waals surface area contributed by atoms with Crippen molar-refractivity contribution >= 4 is 60.5 Å². The second-order valence-electron chi connectivity index (χ2n) is 13.3. The number of rotatable bonds is 6. The van der Waals surface area contributed by atoms with Crippen LogP contribution >= 0.6 is 0 Å². The molecule has 0 saturated heterocycles. The van der Waals surface area contributed by atoms with E-state index in [0.29, 0.717) is 0 Å². The Morgan fingerprint density at radius 3 is 1.46 bits per heavy atom. The summed E-state index contributed by atoms with van der Waals surface area (Å²) in [6.07, 6.45) is 0. The van der Waals surface area contributed by atoms with Crippen LogP contribution in [0.2, 0.25) is 0 Å². The molecule has 0 unspecified atom stereocenters. The van der Waals surface area contributed by atoms with Crippen LogP contribution in [0.3, 0.4) is 0 Å². The summed E-state index contributed by atoms with van der Waals surface area (Å²) in [5, 5.41) is 7.26. The van der Waals surface area contributed by atoms with Gasteiger partial charge in [-0.05, 0) is 91.8 Å². The average Bonchev–Trinajstić information content (AvgIpc) is 3.60. The predicted molar refractivity (Wildman–Crippen MR) is 220 cm³/mol. The molecule has 0 spiro atoms. The van der Waals surface area contributed by atoms with E-state index in [9.17, 15) is 0 Å². The summed E-state index contributed by atoms with van der Waals surface area (Å²) in [7, 11) is 0. The summed E-state index contributed by atoms with van der Waals surface area (Å²) in [4.78, 5) is 2.35. The molecule has 0 amide bonds. The van der Waals surface area contributed by atoms with E-state index in [4.69, 9.17) is 4.42 Å². The second-order valence-corrected chi connectivity index (χ2v) is 13.3. The van der Waals surface area contributed by atoms with Crippen LogP contribution in [0.25, 0.3) is 76.9 Å². The standard InChI is InChI=1S/C50H33NO/c1-3-17-42-34(11-1)13-8-20-44(42)36-25-29-39(30-26-36)51(41-16-7-15-38(33-41)45-21-9-14-35-12-2-4-18-43(35)45)40-31-27-37(28-32-40)46-22-10-23-48-47-19-5-6-24-49(47)52-50(46)48/h1-33H. The van der Waals surface area contributed by atoms with E-state index >= 15 is 0 Å². The summed E-state index contributed by atoms with van der Waals surface area (Å²) in [5.74, 6) is 0. The summed E-state index contributed by atoms with van der Waals surface area (Å²) in [5.41, 5.74) is 12.1. The third kappa shape index (κ3) is 5.12. The van der Waals surface area contributed by atoms with Crippen molar-refractivity contribution in [2.75, 3.05) is 4.90 Å². The maximum Gasteiger partial charge on any atom is 0.143 e. The van der Waals surface area contributed by atoms with Gasteiger partial charge in [0.1, 0.15) is 11.2 Å². The minimum atomic E-state index is 0.908. The van der Waals surface area contributed by atoms with Gasteiger partial charge in [0.25, 0.3) is 0 Å². The highest BCUT2D eigenvalue weighted by Crippen LogP contribution is 2.41. The van der Waals surface area contributed by atoms with Crippen LogP contribution in [0.1, 0.15) is 0 Å². The third-order valence-electron chi connectivity index (χ3n) is 10.3. The Morgan fingerprint density at radius 1 is 0.308 bits per heavy atom. The van der Waals surface area contributed by atoms with Gasteiger partial charge < -0.3 is 9.32 Å². The number of fused-ring (bicyclic) bond motifs is 5. The zero-order chi connectivity index (χ0) is 34.4. The Kier molecular flexibility index (Phi) is 7.18. The van der Waals surface area contributed by atoms with E-state index in [1.54, 1.807) is 0 Å².